The zero-order valence-electron chi connectivity index (χ0n) is 12.5. The highest BCUT2D eigenvalue weighted by atomic mass is 32.2. The monoisotopic (exact) mass is 345 g/mol. The molecule has 1 aliphatic rings. The molecule has 1 aliphatic carbocycles. The fraction of sp³-hybridized carbons (Fsp3) is 0.400. The van der Waals surface area contributed by atoms with E-state index in [2.05, 4.69) is 0 Å². The Labute approximate surface area is 133 Å². The van der Waals surface area contributed by atoms with Crippen LogP contribution in [-0.2, 0) is 19.6 Å². The summed E-state index contributed by atoms with van der Waals surface area (Å²) < 4.78 is 58.8. The fourth-order valence-corrected chi connectivity index (χ4v) is 4.02. The summed E-state index contributed by atoms with van der Waals surface area (Å²) in [4.78, 5) is 11.9. The molecule has 1 unspecified atom stereocenters. The van der Waals surface area contributed by atoms with E-state index in [1.165, 1.54) is 12.1 Å². The van der Waals surface area contributed by atoms with Gasteiger partial charge >= 0.3 is 5.97 Å². The molecule has 1 N–H and O–H groups in total. The van der Waals surface area contributed by atoms with Gasteiger partial charge in [0, 0.05) is 0 Å². The predicted octanol–water partition coefficient (Wildman–Crippen LogP) is 2.75. The number of anilines is 1. The lowest BCUT2D eigenvalue weighted by molar-refractivity contribution is -0.138. The van der Waals surface area contributed by atoms with E-state index in [4.69, 9.17) is 4.74 Å². The minimum Gasteiger partial charge on any atom is -0.463 e. The first kappa shape index (κ1) is 17.4. The van der Waals surface area contributed by atoms with Crippen molar-refractivity contribution in [2.24, 2.45) is 0 Å². The smallest absolute Gasteiger partial charge is 0.335 e. The van der Waals surface area contributed by atoms with Gasteiger partial charge in [-0.1, -0.05) is 12.1 Å². The summed E-state index contributed by atoms with van der Waals surface area (Å²) in [5, 5.41) is -1.15. The Hall–Kier alpha value is -1.96. The second-order valence-corrected chi connectivity index (χ2v) is 6.91. The van der Waals surface area contributed by atoms with Gasteiger partial charge in [-0.05, 0) is 38.3 Å². The zero-order valence-corrected chi connectivity index (χ0v) is 13.3. The summed E-state index contributed by atoms with van der Waals surface area (Å²) in [5.74, 6) is -3.15. The minimum atomic E-state index is -4.11. The number of hydrogen-bond donors (Lipinski definition) is 1. The molecule has 5 nitrogen and oxygen atoms in total. The van der Waals surface area contributed by atoms with E-state index in [0.717, 1.165) is 12.1 Å². The molecule has 0 aliphatic heterocycles. The number of rotatable bonds is 5. The standard InChI is InChI=1S/C15H17F2NO4S/c1-2-22-15(19)10-6-3-4-9-13(10)23(20,21)18-12-8-5-7-11(16)14(12)17/h5-8,13,18H,2-4,9H2,1H3. The normalized spacial score (nSPS) is 18.2. The zero-order chi connectivity index (χ0) is 17.0. The summed E-state index contributed by atoms with van der Waals surface area (Å²) in [5.41, 5.74) is -0.457. The Morgan fingerprint density at radius 3 is 2.83 bits per heavy atom. The fourth-order valence-electron chi connectivity index (χ4n) is 2.41. The van der Waals surface area contributed by atoms with E-state index in [-0.39, 0.29) is 18.6 Å². The van der Waals surface area contributed by atoms with Gasteiger partial charge in [0.25, 0.3) is 0 Å². The number of carbonyl (C=O) groups excluding carboxylic acids is 1. The molecule has 23 heavy (non-hydrogen) atoms. The van der Waals surface area contributed by atoms with Gasteiger partial charge in [-0.2, -0.15) is 0 Å². The van der Waals surface area contributed by atoms with Crippen LogP contribution in [0.5, 0.6) is 0 Å². The van der Waals surface area contributed by atoms with E-state index in [9.17, 15) is 22.0 Å². The van der Waals surface area contributed by atoms with Crippen LogP contribution in [0.3, 0.4) is 0 Å². The first-order valence-corrected chi connectivity index (χ1v) is 8.74. The maximum atomic E-state index is 13.7. The third-order valence-electron chi connectivity index (χ3n) is 3.47. The Balaban J connectivity index is 2.30. The Kier molecular flexibility index (Phi) is 5.35. The van der Waals surface area contributed by atoms with Crippen molar-refractivity contribution in [1.82, 2.24) is 0 Å². The topological polar surface area (TPSA) is 72.5 Å². The molecule has 1 aromatic rings. The van der Waals surface area contributed by atoms with Crippen molar-refractivity contribution in [2.75, 3.05) is 11.3 Å². The van der Waals surface area contributed by atoms with Gasteiger partial charge in [0.2, 0.25) is 10.0 Å². The van der Waals surface area contributed by atoms with Gasteiger partial charge in [-0.3, -0.25) is 4.72 Å². The summed E-state index contributed by atoms with van der Waals surface area (Å²) in [6.45, 7) is 1.74. The number of allylic oxidation sites excluding steroid dienone is 1. The number of ether oxygens (including phenoxy) is 1. The Morgan fingerprint density at radius 1 is 1.39 bits per heavy atom. The predicted molar refractivity (Wildman–Crippen MR) is 81.3 cm³/mol. The van der Waals surface area contributed by atoms with Crippen LogP contribution in [0.15, 0.2) is 29.8 Å². The first-order chi connectivity index (χ1) is 10.9. The van der Waals surface area contributed by atoms with Gasteiger partial charge in [0.05, 0.1) is 17.9 Å². The van der Waals surface area contributed by atoms with Gasteiger partial charge < -0.3 is 4.74 Å². The van der Waals surface area contributed by atoms with Crippen molar-refractivity contribution in [3.05, 3.63) is 41.5 Å². The molecular weight excluding hydrogens is 328 g/mol. The van der Waals surface area contributed by atoms with Crippen molar-refractivity contribution in [3.63, 3.8) is 0 Å². The van der Waals surface area contributed by atoms with Crippen molar-refractivity contribution in [2.45, 2.75) is 31.4 Å². The number of hydrogen-bond acceptors (Lipinski definition) is 4. The summed E-state index contributed by atoms with van der Waals surface area (Å²) in [6, 6.07) is 3.20. The molecule has 0 saturated carbocycles. The molecule has 0 heterocycles. The third-order valence-corrected chi connectivity index (χ3v) is 5.21. The molecule has 1 atom stereocenters. The van der Waals surface area contributed by atoms with Gasteiger partial charge in [0.15, 0.2) is 11.6 Å². The minimum absolute atomic E-state index is 0.0300. The molecule has 1 aromatic carbocycles. The van der Waals surface area contributed by atoms with Crippen molar-refractivity contribution >= 4 is 21.7 Å². The number of carbonyl (C=O) groups is 1. The van der Waals surface area contributed by atoms with Crippen LogP contribution in [0, 0.1) is 11.6 Å². The van der Waals surface area contributed by atoms with Crippen LogP contribution in [0.2, 0.25) is 0 Å². The number of benzene rings is 1. The van der Waals surface area contributed by atoms with Crippen LogP contribution < -0.4 is 4.72 Å². The molecule has 0 fully saturated rings. The van der Waals surface area contributed by atoms with Crippen molar-refractivity contribution in [1.29, 1.82) is 0 Å². The molecule has 8 heteroatoms. The number of sulfonamides is 1. The highest BCUT2D eigenvalue weighted by Gasteiger charge is 2.35. The maximum absolute atomic E-state index is 13.7. The molecule has 0 bridgehead atoms. The number of nitrogens with one attached hydrogen (secondary N) is 1. The summed E-state index contributed by atoms with van der Waals surface area (Å²) in [6.07, 6.45) is 2.86. The molecule has 126 valence electrons. The van der Waals surface area contributed by atoms with E-state index in [0.29, 0.717) is 12.8 Å². The lowest BCUT2D eigenvalue weighted by Gasteiger charge is -2.23. The van der Waals surface area contributed by atoms with E-state index < -0.39 is 38.6 Å². The lowest BCUT2D eigenvalue weighted by atomic mass is 9.99. The molecule has 0 spiro atoms. The van der Waals surface area contributed by atoms with Gasteiger partial charge in [0.1, 0.15) is 5.25 Å². The SMILES string of the molecule is CCOC(=O)C1=CCCCC1S(=O)(=O)Nc1cccc(F)c1F. The first-order valence-electron chi connectivity index (χ1n) is 7.19. The Bertz CT molecular complexity index is 731. The van der Waals surface area contributed by atoms with Crippen LogP contribution in [-0.4, -0.2) is 26.2 Å². The third kappa shape index (κ3) is 3.87. The Morgan fingerprint density at radius 2 is 2.13 bits per heavy atom. The summed E-state index contributed by atoms with van der Waals surface area (Å²) in [7, 11) is -4.11. The second-order valence-electron chi connectivity index (χ2n) is 5.05. The highest BCUT2D eigenvalue weighted by Crippen LogP contribution is 2.28. The van der Waals surface area contributed by atoms with E-state index in [1.807, 2.05) is 4.72 Å². The molecule has 0 radical (unpaired) electrons. The number of esters is 1. The van der Waals surface area contributed by atoms with Crippen LogP contribution >= 0.6 is 0 Å². The molecule has 0 saturated heterocycles. The van der Waals surface area contributed by atoms with Gasteiger partial charge in [-0.15, -0.1) is 0 Å². The molecular formula is C15H17F2NO4S. The van der Waals surface area contributed by atoms with Crippen LogP contribution in [0.4, 0.5) is 14.5 Å². The van der Waals surface area contributed by atoms with E-state index >= 15 is 0 Å². The molecule has 0 aromatic heterocycles. The van der Waals surface area contributed by atoms with Gasteiger partial charge in [-0.25, -0.2) is 22.0 Å². The van der Waals surface area contributed by atoms with E-state index in [1.54, 1.807) is 6.92 Å². The summed E-state index contributed by atoms with van der Waals surface area (Å²) >= 11 is 0. The number of halogens is 2. The largest absolute Gasteiger partial charge is 0.463 e. The lowest BCUT2D eigenvalue weighted by Crippen LogP contribution is -2.35. The van der Waals surface area contributed by atoms with Crippen LogP contribution in [0.1, 0.15) is 26.2 Å². The van der Waals surface area contributed by atoms with Crippen molar-refractivity contribution < 1.29 is 26.7 Å². The molecule has 0 amide bonds. The quantitative estimate of drug-likeness (QED) is 0.833. The second kappa shape index (κ2) is 7.08. The van der Waals surface area contributed by atoms with Crippen LogP contribution in [0.25, 0.3) is 0 Å². The molecule has 2 rings (SSSR count). The van der Waals surface area contributed by atoms with Crippen molar-refractivity contribution in [3.8, 4) is 0 Å². The highest BCUT2D eigenvalue weighted by molar-refractivity contribution is 7.93. The average molecular weight is 345 g/mol. The average Bonchev–Trinajstić information content (AvgIpc) is 2.52. The maximum Gasteiger partial charge on any atom is 0.335 e.